The molecule has 1 aromatic carbocycles. The summed E-state index contributed by atoms with van der Waals surface area (Å²) >= 11 is 0. The molecule has 0 unspecified atom stereocenters. The number of rotatable bonds is 2. The molecule has 0 amide bonds. The van der Waals surface area contributed by atoms with E-state index in [1.807, 2.05) is 6.07 Å². The van der Waals surface area contributed by atoms with Crippen molar-refractivity contribution in [1.82, 2.24) is 15.0 Å². The highest BCUT2D eigenvalue weighted by molar-refractivity contribution is 5.87. The van der Waals surface area contributed by atoms with Gasteiger partial charge in [-0.3, -0.25) is 0 Å². The zero-order chi connectivity index (χ0) is 11.7. The number of imidazole rings is 1. The molecule has 2 heterocycles. The first kappa shape index (κ1) is 9.84. The zero-order valence-electron chi connectivity index (χ0n) is 9.44. The summed E-state index contributed by atoms with van der Waals surface area (Å²) < 4.78 is 0. The third kappa shape index (κ3) is 1.85. The van der Waals surface area contributed by atoms with Gasteiger partial charge in [-0.1, -0.05) is 17.7 Å². The van der Waals surface area contributed by atoms with E-state index < -0.39 is 0 Å². The van der Waals surface area contributed by atoms with E-state index >= 15 is 0 Å². The summed E-state index contributed by atoms with van der Waals surface area (Å²) in [6.45, 7) is 2.07. The molecule has 0 bridgehead atoms. The van der Waals surface area contributed by atoms with Gasteiger partial charge in [-0.25, -0.2) is 9.97 Å². The van der Waals surface area contributed by atoms with Gasteiger partial charge in [-0.15, -0.1) is 0 Å². The van der Waals surface area contributed by atoms with Crippen LogP contribution in [0.2, 0.25) is 0 Å². The Morgan fingerprint density at radius 3 is 2.71 bits per heavy atom. The molecule has 0 saturated carbocycles. The van der Waals surface area contributed by atoms with Crippen molar-refractivity contribution in [3.8, 4) is 0 Å². The van der Waals surface area contributed by atoms with Crippen LogP contribution < -0.4 is 5.32 Å². The number of anilines is 2. The molecule has 0 aliphatic carbocycles. The van der Waals surface area contributed by atoms with E-state index in [0.717, 1.165) is 22.5 Å². The summed E-state index contributed by atoms with van der Waals surface area (Å²) in [5.41, 5.74) is 4.93. The summed E-state index contributed by atoms with van der Waals surface area (Å²) in [5.74, 6) is 0. The monoisotopic (exact) mass is 224 g/mol. The Hall–Kier alpha value is -2.36. The maximum atomic E-state index is 4.18. The van der Waals surface area contributed by atoms with E-state index in [0.29, 0.717) is 0 Å². The van der Waals surface area contributed by atoms with Crippen molar-refractivity contribution in [3.05, 3.63) is 48.4 Å². The number of fused-ring (bicyclic) bond motifs is 1. The summed E-state index contributed by atoms with van der Waals surface area (Å²) in [4.78, 5) is 11.4. The molecular weight excluding hydrogens is 212 g/mol. The SMILES string of the molecule is Cc1ccc(Nc2ccnc3nc[nH]c23)cc1. The molecule has 3 rings (SSSR count). The average Bonchev–Trinajstić information content (AvgIpc) is 2.81. The van der Waals surface area contributed by atoms with Gasteiger partial charge in [0.05, 0.1) is 12.0 Å². The number of benzene rings is 1. The molecule has 0 aliphatic rings. The second-order valence-electron chi connectivity index (χ2n) is 3.95. The molecule has 0 atom stereocenters. The van der Waals surface area contributed by atoms with E-state index in [2.05, 4.69) is 51.5 Å². The van der Waals surface area contributed by atoms with Crippen LogP contribution >= 0.6 is 0 Å². The van der Waals surface area contributed by atoms with E-state index in [9.17, 15) is 0 Å². The third-order valence-corrected chi connectivity index (χ3v) is 2.66. The first-order valence-corrected chi connectivity index (χ1v) is 5.45. The molecule has 17 heavy (non-hydrogen) atoms. The normalized spacial score (nSPS) is 10.6. The number of aryl methyl sites for hydroxylation is 1. The Morgan fingerprint density at radius 2 is 1.88 bits per heavy atom. The lowest BCUT2D eigenvalue weighted by molar-refractivity contribution is 1.30. The van der Waals surface area contributed by atoms with Crippen molar-refractivity contribution in [2.45, 2.75) is 6.92 Å². The highest BCUT2D eigenvalue weighted by Crippen LogP contribution is 2.22. The minimum Gasteiger partial charge on any atom is -0.354 e. The van der Waals surface area contributed by atoms with Gasteiger partial charge in [0, 0.05) is 11.9 Å². The summed E-state index contributed by atoms with van der Waals surface area (Å²) in [6.07, 6.45) is 3.40. The number of nitrogens with zero attached hydrogens (tertiary/aromatic N) is 2. The number of aromatic amines is 1. The van der Waals surface area contributed by atoms with E-state index in [1.165, 1.54) is 5.56 Å². The Kier molecular flexibility index (Phi) is 2.26. The Balaban J connectivity index is 1.99. The molecular formula is C13H12N4. The van der Waals surface area contributed by atoms with Crippen LogP contribution in [-0.2, 0) is 0 Å². The molecule has 84 valence electrons. The summed E-state index contributed by atoms with van der Waals surface area (Å²) in [6, 6.07) is 10.2. The van der Waals surface area contributed by atoms with Crippen LogP contribution in [0.5, 0.6) is 0 Å². The van der Waals surface area contributed by atoms with Crippen LogP contribution in [0.25, 0.3) is 11.2 Å². The largest absolute Gasteiger partial charge is 0.354 e. The number of aromatic nitrogens is 3. The fourth-order valence-electron chi connectivity index (χ4n) is 1.75. The lowest BCUT2D eigenvalue weighted by atomic mass is 10.2. The van der Waals surface area contributed by atoms with Gasteiger partial charge < -0.3 is 10.3 Å². The number of H-pyrrole nitrogens is 1. The van der Waals surface area contributed by atoms with Crippen molar-refractivity contribution in [3.63, 3.8) is 0 Å². The second kappa shape index (κ2) is 3.90. The number of nitrogens with one attached hydrogen (secondary N) is 2. The predicted octanol–water partition coefficient (Wildman–Crippen LogP) is 3.01. The molecule has 0 radical (unpaired) electrons. The fraction of sp³-hybridized carbons (Fsp3) is 0.0769. The van der Waals surface area contributed by atoms with Gasteiger partial charge >= 0.3 is 0 Å². The molecule has 0 aliphatic heterocycles. The van der Waals surface area contributed by atoms with Gasteiger partial charge in [0.15, 0.2) is 5.65 Å². The maximum absolute atomic E-state index is 4.18. The number of hydrogen-bond donors (Lipinski definition) is 2. The third-order valence-electron chi connectivity index (χ3n) is 2.66. The van der Waals surface area contributed by atoms with Gasteiger partial charge in [-0.05, 0) is 25.1 Å². The molecule has 4 nitrogen and oxygen atoms in total. The topological polar surface area (TPSA) is 53.6 Å². The van der Waals surface area contributed by atoms with Gasteiger partial charge in [0.2, 0.25) is 0 Å². The van der Waals surface area contributed by atoms with Crippen LogP contribution in [0.15, 0.2) is 42.9 Å². The van der Waals surface area contributed by atoms with Crippen molar-refractivity contribution < 1.29 is 0 Å². The Morgan fingerprint density at radius 1 is 1.06 bits per heavy atom. The molecule has 0 spiro atoms. The Labute approximate surface area is 98.7 Å². The highest BCUT2D eigenvalue weighted by Gasteiger charge is 2.03. The fourth-order valence-corrected chi connectivity index (χ4v) is 1.75. The standard InChI is InChI=1S/C13H12N4/c1-9-2-4-10(5-3-9)17-11-6-7-14-13-12(11)15-8-16-13/h2-8H,1H3,(H2,14,15,16,17). The lowest BCUT2D eigenvalue weighted by Gasteiger charge is -2.07. The second-order valence-corrected chi connectivity index (χ2v) is 3.95. The minimum atomic E-state index is 0.724. The molecule has 0 saturated heterocycles. The summed E-state index contributed by atoms with van der Waals surface area (Å²) in [7, 11) is 0. The highest BCUT2D eigenvalue weighted by atomic mass is 15.0. The van der Waals surface area contributed by atoms with Crippen LogP contribution in [0, 0.1) is 6.92 Å². The molecule has 2 N–H and O–H groups in total. The first-order chi connectivity index (χ1) is 8.33. The van der Waals surface area contributed by atoms with Crippen molar-refractivity contribution in [1.29, 1.82) is 0 Å². The van der Waals surface area contributed by atoms with E-state index in [-0.39, 0.29) is 0 Å². The van der Waals surface area contributed by atoms with Gasteiger partial charge in [0.1, 0.15) is 5.52 Å². The Bertz CT molecular complexity index is 640. The first-order valence-electron chi connectivity index (χ1n) is 5.45. The predicted molar refractivity (Wildman–Crippen MR) is 68.4 cm³/mol. The van der Waals surface area contributed by atoms with Crippen LogP contribution in [0.3, 0.4) is 0 Å². The van der Waals surface area contributed by atoms with Crippen LogP contribution in [-0.4, -0.2) is 15.0 Å². The quantitative estimate of drug-likeness (QED) is 0.703. The van der Waals surface area contributed by atoms with Crippen LogP contribution in [0.4, 0.5) is 11.4 Å². The zero-order valence-corrected chi connectivity index (χ0v) is 9.44. The van der Waals surface area contributed by atoms with E-state index in [1.54, 1.807) is 12.5 Å². The van der Waals surface area contributed by atoms with E-state index in [4.69, 9.17) is 0 Å². The molecule has 4 heteroatoms. The number of pyridine rings is 1. The van der Waals surface area contributed by atoms with Crippen molar-refractivity contribution in [2.24, 2.45) is 0 Å². The van der Waals surface area contributed by atoms with Crippen LogP contribution in [0.1, 0.15) is 5.56 Å². The summed E-state index contributed by atoms with van der Waals surface area (Å²) in [5, 5.41) is 3.35. The lowest BCUT2D eigenvalue weighted by Crippen LogP contribution is -1.92. The maximum Gasteiger partial charge on any atom is 0.179 e. The molecule has 3 aromatic rings. The smallest absolute Gasteiger partial charge is 0.179 e. The van der Waals surface area contributed by atoms with Crippen molar-refractivity contribution in [2.75, 3.05) is 5.32 Å². The molecule has 0 fully saturated rings. The molecule has 2 aromatic heterocycles. The van der Waals surface area contributed by atoms with Gasteiger partial charge in [0.25, 0.3) is 0 Å². The minimum absolute atomic E-state index is 0.724. The number of hydrogen-bond acceptors (Lipinski definition) is 3. The average molecular weight is 224 g/mol. The van der Waals surface area contributed by atoms with Gasteiger partial charge in [-0.2, -0.15) is 0 Å². The van der Waals surface area contributed by atoms with Crippen molar-refractivity contribution >= 4 is 22.5 Å².